The van der Waals surface area contributed by atoms with Gasteiger partial charge in [0.15, 0.2) is 0 Å². The topological polar surface area (TPSA) is 58.5 Å². The number of ether oxygens (including phenoxy) is 1. The van der Waals surface area contributed by atoms with Crippen LogP contribution in [0, 0.1) is 0 Å². The van der Waals surface area contributed by atoms with E-state index in [2.05, 4.69) is 20.9 Å². The monoisotopic (exact) mass is 297 g/mol. The molecule has 4 rings (SSSR count). The zero-order valence-electron chi connectivity index (χ0n) is 12.6. The van der Waals surface area contributed by atoms with Gasteiger partial charge in [0.25, 0.3) is 0 Å². The number of aromatic nitrogens is 2. The van der Waals surface area contributed by atoms with Crippen LogP contribution >= 0.6 is 0 Å². The SMILES string of the molecule is COc1ncnc2c1CN(C1Cc3ccccc3C1O)CC2. The average Bonchev–Trinajstić information content (AvgIpc) is 2.91. The molecule has 1 aliphatic carbocycles. The Morgan fingerprint density at radius 1 is 1.27 bits per heavy atom. The van der Waals surface area contributed by atoms with E-state index < -0.39 is 6.10 Å². The molecule has 1 N–H and O–H groups in total. The third kappa shape index (κ3) is 2.09. The minimum absolute atomic E-state index is 0.121. The first kappa shape index (κ1) is 13.7. The van der Waals surface area contributed by atoms with E-state index in [1.54, 1.807) is 13.4 Å². The highest BCUT2D eigenvalue weighted by Gasteiger charge is 2.37. The van der Waals surface area contributed by atoms with Crippen molar-refractivity contribution < 1.29 is 9.84 Å². The molecule has 2 heterocycles. The van der Waals surface area contributed by atoms with Crippen LogP contribution in [-0.4, -0.2) is 39.7 Å². The van der Waals surface area contributed by atoms with Gasteiger partial charge in [-0.05, 0) is 17.5 Å². The Hall–Kier alpha value is -1.98. The lowest BCUT2D eigenvalue weighted by Crippen LogP contribution is -2.42. The van der Waals surface area contributed by atoms with Crippen LogP contribution in [0.5, 0.6) is 5.88 Å². The number of aliphatic hydroxyl groups is 1. The first-order chi connectivity index (χ1) is 10.8. The molecule has 5 nitrogen and oxygen atoms in total. The van der Waals surface area contributed by atoms with Gasteiger partial charge in [0, 0.05) is 31.1 Å². The Balaban J connectivity index is 1.61. The van der Waals surface area contributed by atoms with Crippen molar-refractivity contribution >= 4 is 0 Å². The number of fused-ring (bicyclic) bond motifs is 2. The van der Waals surface area contributed by atoms with Crippen LogP contribution in [0.2, 0.25) is 0 Å². The van der Waals surface area contributed by atoms with Crippen molar-refractivity contribution in [3.63, 3.8) is 0 Å². The van der Waals surface area contributed by atoms with E-state index in [4.69, 9.17) is 4.74 Å². The lowest BCUT2D eigenvalue weighted by atomic mass is 10.0. The van der Waals surface area contributed by atoms with Crippen LogP contribution in [0.4, 0.5) is 0 Å². The molecule has 0 radical (unpaired) electrons. The van der Waals surface area contributed by atoms with Gasteiger partial charge in [0.05, 0.1) is 18.9 Å². The van der Waals surface area contributed by atoms with Crippen molar-refractivity contribution in [3.8, 4) is 5.88 Å². The molecular formula is C17H19N3O2. The predicted molar refractivity (Wildman–Crippen MR) is 81.6 cm³/mol. The van der Waals surface area contributed by atoms with Gasteiger partial charge in [-0.25, -0.2) is 9.97 Å². The lowest BCUT2D eigenvalue weighted by Gasteiger charge is -2.35. The molecule has 1 aromatic carbocycles. The van der Waals surface area contributed by atoms with Gasteiger partial charge in [-0.3, -0.25) is 4.90 Å². The van der Waals surface area contributed by atoms with Crippen molar-refractivity contribution in [1.29, 1.82) is 0 Å². The van der Waals surface area contributed by atoms with Crippen LogP contribution < -0.4 is 4.74 Å². The first-order valence-corrected chi connectivity index (χ1v) is 7.64. The molecule has 2 aromatic rings. The summed E-state index contributed by atoms with van der Waals surface area (Å²) < 4.78 is 5.37. The van der Waals surface area contributed by atoms with Crippen molar-refractivity contribution in [2.24, 2.45) is 0 Å². The van der Waals surface area contributed by atoms with E-state index in [0.717, 1.165) is 42.8 Å². The molecule has 2 atom stereocenters. The minimum Gasteiger partial charge on any atom is -0.481 e. The third-order valence-corrected chi connectivity index (χ3v) is 4.82. The number of nitrogens with zero attached hydrogens (tertiary/aromatic N) is 3. The number of aliphatic hydroxyl groups excluding tert-OH is 1. The fourth-order valence-electron chi connectivity index (χ4n) is 3.68. The fraction of sp³-hybridized carbons (Fsp3) is 0.412. The molecule has 114 valence electrons. The largest absolute Gasteiger partial charge is 0.481 e. The van der Waals surface area contributed by atoms with Crippen molar-refractivity contribution in [2.45, 2.75) is 31.5 Å². The molecule has 2 aliphatic rings. The summed E-state index contributed by atoms with van der Waals surface area (Å²) in [4.78, 5) is 10.9. The fourth-order valence-corrected chi connectivity index (χ4v) is 3.68. The van der Waals surface area contributed by atoms with E-state index in [1.165, 1.54) is 5.56 Å². The minimum atomic E-state index is -0.423. The smallest absolute Gasteiger partial charge is 0.220 e. The summed E-state index contributed by atoms with van der Waals surface area (Å²) in [6, 6.07) is 8.29. The van der Waals surface area contributed by atoms with Gasteiger partial charge < -0.3 is 9.84 Å². The van der Waals surface area contributed by atoms with Crippen molar-refractivity contribution in [3.05, 3.63) is 53.0 Å². The summed E-state index contributed by atoms with van der Waals surface area (Å²) in [5.41, 5.74) is 4.43. The van der Waals surface area contributed by atoms with E-state index in [9.17, 15) is 5.11 Å². The van der Waals surface area contributed by atoms with E-state index >= 15 is 0 Å². The second-order valence-corrected chi connectivity index (χ2v) is 5.94. The molecule has 0 bridgehead atoms. The number of hydrogen-bond donors (Lipinski definition) is 1. The van der Waals surface area contributed by atoms with E-state index in [0.29, 0.717) is 5.88 Å². The maximum atomic E-state index is 10.7. The van der Waals surface area contributed by atoms with Crippen molar-refractivity contribution in [1.82, 2.24) is 14.9 Å². The average molecular weight is 297 g/mol. The highest BCUT2D eigenvalue weighted by molar-refractivity contribution is 5.37. The van der Waals surface area contributed by atoms with Crippen LogP contribution in [0.25, 0.3) is 0 Å². The highest BCUT2D eigenvalue weighted by Crippen LogP contribution is 2.37. The molecular weight excluding hydrogens is 278 g/mol. The predicted octanol–water partition coefficient (Wildman–Crippen LogP) is 1.50. The van der Waals surface area contributed by atoms with Gasteiger partial charge in [-0.1, -0.05) is 24.3 Å². The molecule has 0 fully saturated rings. The maximum Gasteiger partial charge on any atom is 0.220 e. The molecule has 1 aromatic heterocycles. The molecule has 0 saturated heterocycles. The summed E-state index contributed by atoms with van der Waals surface area (Å²) in [5, 5.41) is 10.7. The first-order valence-electron chi connectivity index (χ1n) is 7.64. The molecule has 5 heteroatoms. The van der Waals surface area contributed by atoms with E-state index in [1.807, 2.05) is 18.2 Å². The maximum absolute atomic E-state index is 10.7. The highest BCUT2D eigenvalue weighted by atomic mass is 16.5. The molecule has 0 saturated carbocycles. The Labute approximate surface area is 129 Å². The Kier molecular flexibility index (Phi) is 3.32. The zero-order chi connectivity index (χ0) is 15.1. The van der Waals surface area contributed by atoms with Gasteiger partial charge in [0.1, 0.15) is 6.33 Å². The number of hydrogen-bond acceptors (Lipinski definition) is 5. The number of benzene rings is 1. The number of rotatable bonds is 2. The van der Waals surface area contributed by atoms with Crippen LogP contribution in [0.15, 0.2) is 30.6 Å². The van der Waals surface area contributed by atoms with Gasteiger partial charge in [-0.15, -0.1) is 0 Å². The Morgan fingerprint density at radius 2 is 2.14 bits per heavy atom. The lowest BCUT2D eigenvalue weighted by molar-refractivity contribution is 0.0514. The number of methoxy groups -OCH3 is 1. The van der Waals surface area contributed by atoms with Crippen molar-refractivity contribution in [2.75, 3.05) is 13.7 Å². The summed E-state index contributed by atoms with van der Waals surface area (Å²) in [6.45, 7) is 1.64. The second kappa shape index (κ2) is 5.34. The second-order valence-electron chi connectivity index (χ2n) is 5.94. The normalized spacial score (nSPS) is 23.9. The van der Waals surface area contributed by atoms with Gasteiger partial charge in [-0.2, -0.15) is 0 Å². The van der Waals surface area contributed by atoms with Crippen LogP contribution in [-0.2, 0) is 19.4 Å². The van der Waals surface area contributed by atoms with Crippen LogP contribution in [0.3, 0.4) is 0 Å². The Morgan fingerprint density at radius 3 is 2.95 bits per heavy atom. The molecule has 0 amide bonds. The summed E-state index contributed by atoms with van der Waals surface area (Å²) >= 11 is 0. The molecule has 0 spiro atoms. The third-order valence-electron chi connectivity index (χ3n) is 4.82. The summed E-state index contributed by atoms with van der Waals surface area (Å²) in [7, 11) is 1.64. The zero-order valence-corrected chi connectivity index (χ0v) is 12.6. The van der Waals surface area contributed by atoms with Gasteiger partial charge >= 0.3 is 0 Å². The summed E-state index contributed by atoms with van der Waals surface area (Å²) in [6.07, 6.45) is 2.90. The standard InChI is InChI=1S/C17H19N3O2/c1-22-17-13-9-20(7-6-14(13)18-10-19-17)15-8-11-4-2-3-5-12(11)16(15)21/h2-5,10,15-16,21H,6-9H2,1H3. The molecule has 2 unspecified atom stereocenters. The quantitative estimate of drug-likeness (QED) is 0.910. The summed E-state index contributed by atoms with van der Waals surface area (Å²) in [5.74, 6) is 0.653. The molecule has 1 aliphatic heterocycles. The van der Waals surface area contributed by atoms with Gasteiger partial charge in [0.2, 0.25) is 5.88 Å². The molecule has 22 heavy (non-hydrogen) atoms. The Bertz CT molecular complexity index is 690. The van der Waals surface area contributed by atoms with E-state index in [-0.39, 0.29) is 6.04 Å². The van der Waals surface area contributed by atoms with Crippen LogP contribution in [0.1, 0.15) is 28.5 Å².